The van der Waals surface area contributed by atoms with Gasteiger partial charge in [0, 0.05) is 12.1 Å². The van der Waals surface area contributed by atoms with Gasteiger partial charge in [0.05, 0.1) is 22.6 Å². The predicted octanol–water partition coefficient (Wildman–Crippen LogP) is 5.06. The van der Waals surface area contributed by atoms with E-state index in [2.05, 4.69) is 0 Å². The van der Waals surface area contributed by atoms with E-state index < -0.39 is 11.9 Å². The zero-order valence-corrected chi connectivity index (χ0v) is 18.2. The topological polar surface area (TPSA) is 55.2 Å². The molecule has 0 saturated carbocycles. The monoisotopic (exact) mass is 429 g/mol. The number of carbonyl (C=O) groups is 1. The van der Waals surface area contributed by atoms with E-state index in [-0.39, 0.29) is 17.0 Å². The van der Waals surface area contributed by atoms with Crippen LogP contribution in [0, 0.1) is 12.7 Å². The van der Waals surface area contributed by atoms with Gasteiger partial charge in [0.25, 0.3) is 11.5 Å². The van der Waals surface area contributed by atoms with Crippen molar-refractivity contribution in [1.29, 1.82) is 0 Å². The van der Waals surface area contributed by atoms with E-state index in [1.807, 2.05) is 57.2 Å². The number of nitrogens with zero attached hydrogens (tertiary/aromatic N) is 3. The SMILES string of the molecule is CCN(C(=O)c1cccc(F)c1)C(C)c1nc2ccccc2c(=O)n1-c1ccccc1C. The highest BCUT2D eigenvalue weighted by atomic mass is 19.1. The Morgan fingerprint density at radius 2 is 1.78 bits per heavy atom. The van der Waals surface area contributed by atoms with Crippen LogP contribution in [0.15, 0.2) is 77.6 Å². The molecule has 0 fully saturated rings. The molecule has 1 aromatic heterocycles. The number of hydrogen-bond acceptors (Lipinski definition) is 3. The molecule has 0 aliphatic rings. The van der Waals surface area contributed by atoms with E-state index in [4.69, 9.17) is 4.98 Å². The van der Waals surface area contributed by atoms with Crippen molar-refractivity contribution >= 4 is 16.8 Å². The number of hydrogen-bond donors (Lipinski definition) is 0. The first-order chi connectivity index (χ1) is 15.4. The molecule has 4 rings (SSSR count). The molecule has 0 N–H and O–H groups in total. The smallest absolute Gasteiger partial charge is 0.266 e. The van der Waals surface area contributed by atoms with Crippen LogP contribution in [0.25, 0.3) is 16.6 Å². The van der Waals surface area contributed by atoms with Gasteiger partial charge in [-0.2, -0.15) is 0 Å². The van der Waals surface area contributed by atoms with Gasteiger partial charge >= 0.3 is 0 Å². The van der Waals surface area contributed by atoms with Gasteiger partial charge in [-0.05, 0) is 62.7 Å². The number of para-hydroxylation sites is 2. The lowest BCUT2D eigenvalue weighted by molar-refractivity contribution is 0.0692. The second kappa shape index (κ2) is 8.75. The number of fused-ring (bicyclic) bond motifs is 1. The molecule has 0 saturated heterocycles. The molecule has 1 atom stereocenters. The van der Waals surface area contributed by atoms with E-state index in [0.29, 0.717) is 29.0 Å². The lowest BCUT2D eigenvalue weighted by Gasteiger charge is -2.30. The second-order valence-electron chi connectivity index (χ2n) is 7.69. The highest BCUT2D eigenvalue weighted by Crippen LogP contribution is 2.25. The van der Waals surface area contributed by atoms with Gasteiger partial charge in [0.15, 0.2) is 0 Å². The Morgan fingerprint density at radius 3 is 2.50 bits per heavy atom. The summed E-state index contributed by atoms with van der Waals surface area (Å²) < 4.78 is 15.3. The number of rotatable bonds is 5. The first-order valence-corrected chi connectivity index (χ1v) is 10.6. The summed E-state index contributed by atoms with van der Waals surface area (Å²) >= 11 is 0. The maximum Gasteiger partial charge on any atom is 0.266 e. The minimum atomic E-state index is -0.535. The maximum absolute atomic E-state index is 13.7. The Morgan fingerprint density at radius 1 is 1.06 bits per heavy atom. The fourth-order valence-electron chi connectivity index (χ4n) is 4.00. The van der Waals surface area contributed by atoms with Gasteiger partial charge in [-0.15, -0.1) is 0 Å². The molecule has 5 nitrogen and oxygen atoms in total. The molecular weight excluding hydrogens is 405 g/mol. The summed E-state index contributed by atoms with van der Waals surface area (Å²) in [5.74, 6) is -0.340. The molecule has 0 aliphatic carbocycles. The highest BCUT2D eigenvalue weighted by Gasteiger charge is 2.27. The third kappa shape index (κ3) is 3.80. The quantitative estimate of drug-likeness (QED) is 0.446. The van der Waals surface area contributed by atoms with Crippen LogP contribution in [0.2, 0.25) is 0 Å². The number of carbonyl (C=O) groups excluding carboxylic acids is 1. The Hall–Kier alpha value is -3.80. The van der Waals surface area contributed by atoms with E-state index in [1.54, 1.807) is 27.7 Å². The fraction of sp³-hybridized carbons (Fsp3) is 0.192. The molecule has 1 heterocycles. The van der Waals surface area contributed by atoms with E-state index in [1.165, 1.54) is 18.2 Å². The molecule has 162 valence electrons. The number of aromatic nitrogens is 2. The number of amides is 1. The van der Waals surface area contributed by atoms with Crippen molar-refractivity contribution in [3.8, 4) is 5.69 Å². The largest absolute Gasteiger partial charge is 0.329 e. The molecular formula is C26H24FN3O2. The lowest BCUT2D eigenvalue weighted by Crippen LogP contribution is -2.37. The van der Waals surface area contributed by atoms with Crippen molar-refractivity contribution in [2.75, 3.05) is 6.54 Å². The molecule has 32 heavy (non-hydrogen) atoms. The van der Waals surface area contributed by atoms with Crippen molar-refractivity contribution < 1.29 is 9.18 Å². The number of aryl methyl sites for hydroxylation is 1. The predicted molar refractivity (Wildman–Crippen MR) is 124 cm³/mol. The summed E-state index contributed by atoms with van der Waals surface area (Å²) in [6, 6.07) is 19.9. The Bertz CT molecular complexity index is 1360. The molecule has 6 heteroatoms. The number of halogens is 1. The van der Waals surface area contributed by atoms with E-state index in [9.17, 15) is 14.0 Å². The Kier molecular flexibility index (Phi) is 5.86. The summed E-state index contributed by atoms with van der Waals surface area (Å²) in [6.45, 7) is 5.99. The fourth-order valence-corrected chi connectivity index (χ4v) is 4.00. The summed E-state index contributed by atoms with van der Waals surface area (Å²) in [5.41, 5.74) is 2.26. The van der Waals surface area contributed by atoms with Crippen LogP contribution in [0.4, 0.5) is 4.39 Å². The average Bonchev–Trinajstić information content (AvgIpc) is 2.80. The molecule has 0 radical (unpaired) electrons. The Balaban J connectivity index is 1.92. The molecule has 4 aromatic rings. The third-order valence-electron chi connectivity index (χ3n) is 5.67. The third-order valence-corrected chi connectivity index (χ3v) is 5.67. The zero-order chi connectivity index (χ0) is 22.8. The molecule has 0 aliphatic heterocycles. The van der Waals surface area contributed by atoms with Crippen molar-refractivity contribution in [2.24, 2.45) is 0 Å². The van der Waals surface area contributed by atoms with Crippen molar-refractivity contribution in [3.05, 3.63) is 106 Å². The zero-order valence-electron chi connectivity index (χ0n) is 18.2. The first-order valence-electron chi connectivity index (χ1n) is 10.6. The molecule has 3 aromatic carbocycles. The molecule has 0 bridgehead atoms. The average molecular weight is 429 g/mol. The lowest BCUT2D eigenvalue weighted by atomic mass is 10.1. The minimum Gasteiger partial charge on any atom is -0.329 e. The summed E-state index contributed by atoms with van der Waals surface area (Å²) in [4.78, 5) is 33.2. The summed E-state index contributed by atoms with van der Waals surface area (Å²) in [5, 5.41) is 0.506. The minimum absolute atomic E-state index is 0.194. The van der Waals surface area contributed by atoms with Crippen molar-refractivity contribution in [2.45, 2.75) is 26.8 Å². The van der Waals surface area contributed by atoms with Crippen LogP contribution < -0.4 is 5.56 Å². The van der Waals surface area contributed by atoms with Gasteiger partial charge in [-0.25, -0.2) is 9.37 Å². The van der Waals surface area contributed by atoms with Crippen LogP contribution >= 0.6 is 0 Å². The standard InChI is InChI=1S/C26H24FN3O2/c1-4-29(25(31)19-11-9-12-20(27)16-19)18(3)24-28-22-14-7-6-13-21(22)26(32)30(24)23-15-8-5-10-17(23)2/h5-16,18H,4H2,1-3H3. The van der Waals surface area contributed by atoms with Crippen LogP contribution in [0.3, 0.4) is 0 Å². The van der Waals surface area contributed by atoms with E-state index >= 15 is 0 Å². The Labute approximate surface area is 185 Å². The first kappa shape index (κ1) is 21.4. The van der Waals surface area contributed by atoms with Crippen LogP contribution in [0.1, 0.15) is 41.6 Å². The van der Waals surface area contributed by atoms with Crippen LogP contribution in [0.5, 0.6) is 0 Å². The normalized spacial score (nSPS) is 12.0. The highest BCUT2D eigenvalue weighted by molar-refractivity contribution is 5.94. The second-order valence-corrected chi connectivity index (χ2v) is 7.69. The number of benzene rings is 3. The maximum atomic E-state index is 13.7. The van der Waals surface area contributed by atoms with E-state index in [0.717, 1.165) is 5.56 Å². The van der Waals surface area contributed by atoms with Gasteiger partial charge in [0.2, 0.25) is 0 Å². The molecule has 0 spiro atoms. The van der Waals surface area contributed by atoms with Gasteiger partial charge in [-0.3, -0.25) is 14.2 Å². The van der Waals surface area contributed by atoms with Gasteiger partial charge < -0.3 is 4.90 Å². The van der Waals surface area contributed by atoms with Gasteiger partial charge in [0.1, 0.15) is 11.6 Å². The van der Waals surface area contributed by atoms with Gasteiger partial charge in [-0.1, -0.05) is 36.4 Å². The summed E-state index contributed by atoms with van der Waals surface area (Å²) in [7, 11) is 0. The van der Waals surface area contributed by atoms with Crippen molar-refractivity contribution in [3.63, 3.8) is 0 Å². The molecule has 1 amide bonds. The van der Waals surface area contributed by atoms with Crippen LogP contribution in [-0.4, -0.2) is 26.9 Å². The van der Waals surface area contributed by atoms with Crippen molar-refractivity contribution in [1.82, 2.24) is 14.5 Å². The molecule has 1 unspecified atom stereocenters. The summed E-state index contributed by atoms with van der Waals surface area (Å²) in [6.07, 6.45) is 0. The van der Waals surface area contributed by atoms with Crippen LogP contribution in [-0.2, 0) is 0 Å².